The molecule has 1 heterocycles. The first-order chi connectivity index (χ1) is 9.92. The van der Waals surface area contributed by atoms with Gasteiger partial charge in [-0.2, -0.15) is 5.10 Å². The predicted molar refractivity (Wildman–Crippen MR) is 76.7 cm³/mol. The fourth-order valence-electron chi connectivity index (χ4n) is 2.55. The van der Waals surface area contributed by atoms with Gasteiger partial charge in [0, 0.05) is 19.3 Å². The second kappa shape index (κ2) is 6.54. The first-order valence-electron chi connectivity index (χ1n) is 6.90. The maximum absolute atomic E-state index is 11.9. The van der Waals surface area contributed by atoms with Crippen LogP contribution in [0.25, 0.3) is 0 Å². The van der Waals surface area contributed by atoms with Crippen LogP contribution in [0.5, 0.6) is 0 Å². The van der Waals surface area contributed by atoms with Gasteiger partial charge in [0.15, 0.2) is 0 Å². The van der Waals surface area contributed by atoms with Gasteiger partial charge in [-0.25, -0.2) is 13.1 Å². The average Bonchev–Trinajstić information content (AvgIpc) is 3.05. The van der Waals surface area contributed by atoms with Gasteiger partial charge in [0.05, 0.1) is 12.7 Å². The summed E-state index contributed by atoms with van der Waals surface area (Å²) in [5.74, 6) is -0.0586. The highest BCUT2D eigenvalue weighted by molar-refractivity contribution is 7.89. The van der Waals surface area contributed by atoms with Crippen LogP contribution in [-0.2, 0) is 21.9 Å². The van der Waals surface area contributed by atoms with Crippen molar-refractivity contribution in [2.24, 2.45) is 18.7 Å². The molecule has 4 N–H and O–H groups in total. The number of sulfonamides is 1. The lowest BCUT2D eigenvalue weighted by Gasteiger charge is -2.19. The van der Waals surface area contributed by atoms with Crippen LogP contribution in [0.2, 0.25) is 0 Å². The molecule has 9 heteroatoms. The third kappa shape index (κ3) is 4.02. The van der Waals surface area contributed by atoms with E-state index in [2.05, 4.69) is 15.1 Å². The Hall–Kier alpha value is -1.45. The molecule has 1 saturated carbocycles. The summed E-state index contributed by atoms with van der Waals surface area (Å²) in [4.78, 5) is 11.9. The van der Waals surface area contributed by atoms with Gasteiger partial charge in [-0.1, -0.05) is 6.42 Å². The van der Waals surface area contributed by atoms with Crippen molar-refractivity contribution in [1.29, 1.82) is 0 Å². The van der Waals surface area contributed by atoms with E-state index in [1.807, 2.05) is 0 Å². The van der Waals surface area contributed by atoms with Crippen molar-refractivity contribution in [3.8, 4) is 0 Å². The van der Waals surface area contributed by atoms with Gasteiger partial charge in [-0.15, -0.1) is 0 Å². The van der Waals surface area contributed by atoms with E-state index in [4.69, 9.17) is 5.73 Å². The first-order valence-corrected chi connectivity index (χ1v) is 8.38. The van der Waals surface area contributed by atoms with E-state index in [-0.39, 0.29) is 29.3 Å². The zero-order chi connectivity index (χ0) is 15.5. The molecule has 0 bridgehead atoms. The van der Waals surface area contributed by atoms with Crippen molar-refractivity contribution >= 4 is 15.9 Å². The van der Waals surface area contributed by atoms with Crippen LogP contribution in [0, 0.1) is 5.92 Å². The molecule has 0 aliphatic heterocycles. The number of rotatable bonds is 6. The van der Waals surface area contributed by atoms with Crippen LogP contribution in [0.3, 0.4) is 0 Å². The number of carbonyl (C=O) groups is 1. The lowest BCUT2D eigenvalue weighted by molar-refractivity contribution is -0.120. The van der Waals surface area contributed by atoms with Crippen molar-refractivity contribution in [3.63, 3.8) is 0 Å². The molecule has 21 heavy (non-hydrogen) atoms. The van der Waals surface area contributed by atoms with Crippen molar-refractivity contribution in [1.82, 2.24) is 19.8 Å². The van der Waals surface area contributed by atoms with Gasteiger partial charge < -0.3 is 11.1 Å². The number of hydrogen-bond acceptors (Lipinski definition) is 5. The van der Waals surface area contributed by atoms with E-state index in [9.17, 15) is 13.2 Å². The number of nitrogens with two attached hydrogens (primary N) is 1. The van der Waals surface area contributed by atoms with E-state index in [1.54, 1.807) is 7.05 Å². The number of nitrogens with one attached hydrogen (secondary N) is 2. The van der Waals surface area contributed by atoms with Crippen molar-refractivity contribution < 1.29 is 13.2 Å². The smallest absolute Gasteiger partial charge is 0.244 e. The van der Waals surface area contributed by atoms with Gasteiger partial charge in [0.1, 0.15) is 4.90 Å². The summed E-state index contributed by atoms with van der Waals surface area (Å²) in [6.07, 6.45) is 5.55. The maximum Gasteiger partial charge on any atom is 0.244 e. The number of aryl methyl sites for hydroxylation is 1. The Bertz CT molecular complexity index is 598. The Kier molecular flexibility index (Phi) is 4.96. The molecule has 0 saturated heterocycles. The van der Waals surface area contributed by atoms with Gasteiger partial charge in [0.2, 0.25) is 15.9 Å². The third-order valence-electron chi connectivity index (χ3n) is 3.72. The monoisotopic (exact) mass is 315 g/mol. The summed E-state index contributed by atoms with van der Waals surface area (Å²) in [6.45, 7) is 0.247. The summed E-state index contributed by atoms with van der Waals surface area (Å²) in [7, 11) is -2.08. The molecule has 1 amide bonds. The van der Waals surface area contributed by atoms with Crippen molar-refractivity contribution in [2.45, 2.75) is 30.2 Å². The van der Waals surface area contributed by atoms with Crippen LogP contribution in [0.1, 0.15) is 19.3 Å². The quantitative estimate of drug-likeness (QED) is 0.618. The molecule has 1 aliphatic rings. The van der Waals surface area contributed by atoms with Crippen LogP contribution < -0.4 is 15.8 Å². The molecule has 0 radical (unpaired) electrons. The van der Waals surface area contributed by atoms with E-state index in [0.29, 0.717) is 6.54 Å². The van der Waals surface area contributed by atoms with Crippen molar-refractivity contribution in [2.75, 3.05) is 13.1 Å². The Morgan fingerprint density at radius 1 is 1.52 bits per heavy atom. The van der Waals surface area contributed by atoms with E-state index >= 15 is 0 Å². The number of nitrogens with zero attached hydrogens (tertiary/aromatic N) is 2. The Balaban J connectivity index is 1.86. The summed E-state index contributed by atoms with van der Waals surface area (Å²) in [5, 5.41) is 6.64. The molecule has 2 atom stereocenters. The zero-order valence-electron chi connectivity index (χ0n) is 11.9. The van der Waals surface area contributed by atoms with Gasteiger partial charge >= 0.3 is 0 Å². The molecule has 2 unspecified atom stereocenters. The topological polar surface area (TPSA) is 119 Å². The largest absolute Gasteiger partial charge is 0.352 e. The van der Waals surface area contributed by atoms with Crippen LogP contribution in [0.4, 0.5) is 0 Å². The lowest BCUT2D eigenvalue weighted by atomic mass is 10.0. The third-order valence-corrected chi connectivity index (χ3v) is 5.08. The standard InChI is InChI=1S/C12H21N5O3S/c1-17-8-10(6-14-17)21(19,20)15-7-12(18)16-11-4-2-3-9(11)5-13/h6,8-9,11,15H,2-5,7,13H2,1H3,(H,16,18). The minimum atomic E-state index is -3.71. The van der Waals surface area contributed by atoms with Crippen LogP contribution in [-0.4, -0.2) is 43.2 Å². The molecular formula is C12H21N5O3S. The lowest BCUT2D eigenvalue weighted by Crippen LogP contribution is -2.44. The van der Waals surface area contributed by atoms with Crippen molar-refractivity contribution in [3.05, 3.63) is 12.4 Å². The fourth-order valence-corrected chi connectivity index (χ4v) is 3.51. The minimum absolute atomic E-state index is 0.0403. The number of carbonyl (C=O) groups excluding carboxylic acids is 1. The normalized spacial score (nSPS) is 22.4. The number of aromatic nitrogens is 2. The van der Waals surface area contributed by atoms with Crippen LogP contribution in [0.15, 0.2) is 17.3 Å². The number of hydrogen-bond donors (Lipinski definition) is 3. The Morgan fingerprint density at radius 2 is 2.29 bits per heavy atom. The van der Waals surface area contributed by atoms with Gasteiger partial charge in [-0.05, 0) is 25.3 Å². The molecule has 1 aliphatic carbocycles. The highest BCUT2D eigenvalue weighted by Gasteiger charge is 2.27. The average molecular weight is 315 g/mol. The molecule has 118 valence electrons. The molecule has 0 spiro atoms. The zero-order valence-corrected chi connectivity index (χ0v) is 12.8. The molecule has 2 rings (SSSR count). The highest BCUT2D eigenvalue weighted by Crippen LogP contribution is 2.24. The fraction of sp³-hybridized carbons (Fsp3) is 0.667. The molecule has 1 aromatic heterocycles. The molecule has 1 fully saturated rings. The summed E-state index contributed by atoms with van der Waals surface area (Å²) >= 11 is 0. The maximum atomic E-state index is 11.9. The molecular weight excluding hydrogens is 294 g/mol. The number of amides is 1. The molecule has 0 aromatic carbocycles. The molecule has 1 aromatic rings. The molecule has 8 nitrogen and oxygen atoms in total. The summed E-state index contributed by atoms with van der Waals surface area (Å²) in [5.41, 5.74) is 5.65. The first kappa shape index (κ1) is 15.9. The summed E-state index contributed by atoms with van der Waals surface area (Å²) < 4.78 is 27.5. The SMILES string of the molecule is Cn1cc(S(=O)(=O)NCC(=O)NC2CCCC2CN)cn1. The van der Waals surface area contributed by atoms with E-state index in [1.165, 1.54) is 17.1 Å². The second-order valence-electron chi connectivity index (χ2n) is 5.27. The Morgan fingerprint density at radius 3 is 2.90 bits per heavy atom. The van der Waals surface area contributed by atoms with Gasteiger partial charge in [-0.3, -0.25) is 9.48 Å². The minimum Gasteiger partial charge on any atom is -0.352 e. The predicted octanol–water partition coefficient (Wildman–Crippen LogP) is -1.06. The van der Waals surface area contributed by atoms with Crippen LogP contribution >= 0.6 is 0 Å². The summed E-state index contributed by atoms with van der Waals surface area (Å²) in [6, 6.07) is 0.0467. The Labute approximate surface area is 124 Å². The van der Waals surface area contributed by atoms with E-state index in [0.717, 1.165) is 19.3 Å². The van der Waals surface area contributed by atoms with Gasteiger partial charge in [0.25, 0.3) is 0 Å². The highest BCUT2D eigenvalue weighted by atomic mass is 32.2. The van der Waals surface area contributed by atoms with E-state index < -0.39 is 10.0 Å². The second-order valence-corrected chi connectivity index (χ2v) is 7.04.